The zero-order valence-corrected chi connectivity index (χ0v) is 17.5. The summed E-state index contributed by atoms with van der Waals surface area (Å²) in [7, 11) is 0. The fraction of sp³-hybridized carbons (Fsp3) is 0.391. The van der Waals surface area contributed by atoms with Gasteiger partial charge in [0, 0.05) is 6.54 Å². The second-order valence-corrected chi connectivity index (χ2v) is 7.59. The monoisotopic (exact) mass is 436 g/mol. The Morgan fingerprint density at radius 2 is 1.55 bits per heavy atom. The van der Waals surface area contributed by atoms with Gasteiger partial charge in [0.2, 0.25) is 11.8 Å². The summed E-state index contributed by atoms with van der Waals surface area (Å²) in [5.41, 5.74) is 2.25. The van der Waals surface area contributed by atoms with Gasteiger partial charge in [0.1, 0.15) is 12.6 Å². The van der Waals surface area contributed by atoms with Crippen molar-refractivity contribution in [2.75, 3.05) is 6.61 Å². The molecular weight excluding hydrogens is 409 g/mol. The van der Waals surface area contributed by atoms with Crippen molar-refractivity contribution in [1.82, 2.24) is 10.6 Å². The Morgan fingerprint density at radius 1 is 0.935 bits per heavy atom. The number of hydrogen-bond donors (Lipinski definition) is 2. The molecule has 2 aromatic carbocycles. The smallest absolute Gasteiger partial charge is 0.367 e. The molecule has 0 fully saturated rings. The van der Waals surface area contributed by atoms with Crippen LogP contribution in [0.1, 0.15) is 30.5 Å². The van der Waals surface area contributed by atoms with Crippen LogP contribution < -0.4 is 10.6 Å². The Kier molecular flexibility index (Phi) is 9.05. The van der Waals surface area contributed by atoms with Gasteiger partial charge in [-0.15, -0.1) is 0 Å². The predicted molar refractivity (Wildman–Crippen MR) is 111 cm³/mol. The van der Waals surface area contributed by atoms with Crippen LogP contribution in [0, 0.1) is 5.92 Å². The third-order valence-electron chi connectivity index (χ3n) is 4.50. The summed E-state index contributed by atoms with van der Waals surface area (Å²) in [6.07, 6.45) is -4.16. The van der Waals surface area contributed by atoms with Crippen LogP contribution >= 0.6 is 0 Å². The maximum absolute atomic E-state index is 12.6. The maximum atomic E-state index is 12.6. The molecular formula is C23H27F3N2O3. The van der Waals surface area contributed by atoms with Gasteiger partial charge in [-0.3, -0.25) is 9.59 Å². The number of hydrogen-bond acceptors (Lipinski definition) is 3. The van der Waals surface area contributed by atoms with E-state index in [2.05, 4.69) is 15.4 Å². The molecule has 168 valence electrons. The van der Waals surface area contributed by atoms with Gasteiger partial charge in [0.25, 0.3) is 0 Å². The summed E-state index contributed by atoms with van der Waals surface area (Å²) in [5, 5.41) is 5.58. The average Bonchev–Trinajstić information content (AvgIpc) is 2.71. The zero-order chi connectivity index (χ0) is 22.9. The van der Waals surface area contributed by atoms with Gasteiger partial charge in [-0.25, -0.2) is 0 Å². The van der Waals surface area contributed by atoms with Crippen LogP contribution in [-0.4, -0.2) is 30.6 Å². The second-order valence-electron chi connectivity index (χ2n) is 7.59. The summed E-state index contributed by atoms with van der Waals surface area (Å²) in [4.78, 5) is 24.9. The van der Waals surface area contributed by atoms with Crippen molar-refractivity contribution in [3.8, 4) is 0 Å². The van der Waals surface area contributed by atoms with Crippen LogP contribution in [0.3, 0.4) is 0 Å². The topological polar surface area (TPSA) is 67.4 Å². The molecule has 0 aliphatic carbocycles. The van der Waals surface area contributed by atoms with Gasteiger partial charge in [0.05, 0.1) is 13.0 Å². The highest BCUT2D eigenvalue weighted by Gasteiger charge is 2.27. The number of nitrogens with one attached hydrogen (secondary N) is 2. The Morgan fingerprint density at radius 3 is 2.13 bits per heavy atom. The summed E-state index contributed by atoms with van der Waals surface area (Å²) in [6.45, 7) is 2.50. The van der Waals surface area contributed by atoms with Crippen molar-refractivity contribution >= 4 is 11.8 Å². The molecule has 0 aliphatic rings. The fourth-order valence-corrected chi connectivity index (χ4v) is 2.88. The Balaban J connectivity index is 1.83. The highest BCUT2D eigenvalue weighted by atomic mass is 19.4. The van der Waals surface area contributed by atoms with E-state index in [4.69, 9.17) is 0 Å². The van der Waals surface area contributed by atoms with Gasteiger partial charge in [-0.1, -0.05) is 68.4 Å². The van der Waals surface area contributed by atoms with E-state index in [1.165, 1.54) is 0 Å². The number of carbonyl (C=O) groups excluding carboxylic acids is 2. The van der Waals surface area contributed by atoms with E-state index >= 15 is 0 Å². The highest BCUT2D eigenvalue weighted by Crippen LogP contribution is 2.16. The van der Waals surface area contributed by atoms with Crippen molar-refractivity contribution in [3.05, 3.63) is 71.3 Å². The summed E-state index contributed by atoms with van der Waals surface area (Å²) in [6, 6.07) is 15.3. The van der Waals surface area contributed by atoms with Crippen LogP contribution in [0.25, 0.3) is 0 Å². The molecule has 0 saturated carbocycles. The first kappa shape index (κ1) is 24.4. The summed E-state index contributed by atoms with van der Waals surface area (Å²) < 4.78 is 41.0. The van der Waals surface area contributed by atoms with Crippen molar-refractivity contribution in [1.29, 1.82) is 0 Å². The van der Waals surface area contributed by atoms with E-state index in [1.807, 2.05) is 44.2 Å². The van der Waals surface area contributed by atoms with Crippen LogP contribution in [-0.2, 0) is 33.9 Å². The van der Waals surface area contributed by atoms with E-state index in [0.717, 1.165) is 11.1 Å². The molecule has 0 heterocycles. The molecule has 0 aromatic heterocycles. The molecule has 0 radical (unpaired) electrons. The lowest BCUT2D eigenvalue weighted by atomic mass is 10.0. The third kappa shape index (κ3) is 9.21. The number of carbonyl (C=O) groups is 2. The predicted octanol–water partition coefficient (Wildman–Crippen LogP) is 3.77. The molecule has 2 aromatic rings. The minimum atomic E-state index is -4.35. The van der Waals surface area contributed by atoms with Crippen molar-refractivity contribution < 1.29 is 27.5 Å². The summed E-state index contributed by atoms with van der Waals surface area (Å²) in [5.74, 6) is -0.634. The maximum Gasteiger partial charge on any atom is 0.411 e. The zero-order valence-electron chi connectivity index (χ0n) is 17.5. The molecule has 0 saturated heterocycles. The van der Waals surface area contributed by atoms with Crippen molar-refractivity contribution in [2.45, 2.75) is 45.6 Å². The van der Waals surface area contributed by atoms with Gasteiger partial charge in [0.15, 0.2) is 0 Å². The minimum absolute atomic E-state index is 0.104. The number of benzene rings is 2. The molecule has 0 aliphatic heterocycles. The molecule has 0 unspecified atom stereocenters. The number of rotatable bonds is 10. The molecule has 5 nitrogen and oxygen atoms in total. The largest absolute Gasteiger partial charge is 0.411 e. The van der Waals surface area contributed by atoms with E-state index < -0.39 is 18.8 Å². The normalized spacial score (nSPS) is 12.5. The molecule has 2 N–H and O–H groups in total. The first-order chi connectivity index (χ1) is 14.6. The van der Waals surface area contributed by atoms with Crippen molar-refractivity contribution in [3.63, 3.8) is 0 Å². The van der Waals surface area contributed by atoms with Crippen LogP contribution in [0.15, 0.2) is 54.6 Å². The van der Waals surface area contributed by atoms with E-state index in [1.54, 1.807) is 24.3 Å². The van der Waals surface area contributed by atoms with Gasteiger partial charge >= 0.3 is 6.18 Å². The number of amides is 2. The SMILES string of the molecule is CC(C)[C@H](NC(=O)Cc1ccccc1)C(=O)NCc1ccc(COCC(F)(F)F)cc1. The number of halogens is 3. The average molecular weight is 436 g/mol. The molecule has 2 rings (SSSR count). The first-order valence-corrected chi connectivity index (χ1v) is 9.97. The molecule has 1 atom stereocenters. The second kappa shape index (κ2) is 11.5. The minimum Gasteiger partial charge on any atom is -0.367 e. The summed E-state index contributed by atoms with van der Waals surface area (Å²) >= 11 is 0. The van der Waals surface area contributed by atoms with Crippen molar-refractivity contribution in [2.24, 2.45) is 5.92 Å². The lowest BCUT2D eigenvalue weighted by Gasteiger charge is -2.22. The van der Waals surface area contributed by atoms with E-state index in [-0.39, 0.29) is 37.3 Å². The molecule has 8 heteroatoms. The van der Waals surface area contributed by atoms with Gasteiger partial charge in [-0.05, 0) is 22.6 Å². The standard InChI is InChI=1S/C23H27F3N2O3/c1-16(2)21(28-20(29)12-17-6-4-3-5-7-17)22(30)27-13-18-8-10-19(11-9-18)14-31-15-23(24,25)26/h3-11,16,21H,12-15H2,1-2H3,(H,27,30)(H,28,29)/t21-/m0/s1. The van der Waals surface area contributed by atoms with Gasteiger partial charge < -0.3 is 15.4 Å². The van der Waals surface area contributed by atoms with E-state index in [0.29, 0.717) is 5.56 Å². The Bertz CT molecular complexity index is 837. The lowest BCUT2D eigenvalue weighted by Crippen LogP contribution is -2.49. The molecule has 2 amide bonds. The molecule has 0 bridgehead atoms. The molecule has 31 heavy (non-hydrogen) atoms. The highest BCUT2D eigenvalue weighted by molar-refractivity contribution is 5.88. The number of ether oxygens (including phenoxy) is 1. The lowest BCUT2D eigenvalue weighted by molar-refractivity contribution is -0.176. The quantitative estimate of drug-likeness (QED) is 0.596. The van der Waals surface area contributed by atoms with Crippen LogP contribution in [0.2, 0.25) is 0 Å². The Hall–Kier alpha value is -2.87. The number of alkyl halides is 3. The third-order valence-corrected chi connectivity index (χ3v) is 4.50. The van der Waals surface area contributed by atoms with Crippen LogP contribution in [0.4, 0.5) is 13.2 Å². The first-order valence-electron chi connectivity index (χ1n) is 9.97. The molecule has 0 spiro atoms. The Labute approximate surface area is 180 Å². The fourth-order valence-electron chi connectivity index (χ4n) is 2.88. The van der Waals surface area contributed by atoms with Crippen LogP contribution in [0.5, 0.6) is 0 Å². The van der Waals surface area contributed by atoms with Gasteiger partial charge in [-0.2, -0.15) is 13.2 Å². The van der Waals surface area contributed by atoms with E-state index in [9.17, 15) is 22.8 Å².